The van der Waals surface area contributed by atoms with Crippen molar-refractivity contribution >= 4 is 23.2 Å². The Morgan fingerprint density at radius 3 is 2.31 bits per heavy atom. The number of nitrogens with one attached hydrogen (secondary N) is 1. The van der Waals surface area contributed by atoms with E-state index >= 15 is 0 Å². The summed E-state index contributed by atoms with van der Waals surface area (Å²) in [6.07, 6.45) is 7.66. The predicted octanol–water partition coefficient (Wildman–Crippen LogP) is 3.49. The molecule has 26 heavy (non-hydrogen) atoms. The SMILES string of the molecule is CC(=O)N(CCCCCCC(=O)NO)c1ccc(N2CCCCC2)cc1. The normalized spacial score (nSPS) is 14.2. The number of carbonyl (C=O) groups excluding carboxylic acids is 2. The van der Waals surface area contributed by atoms with E-state index in [1.807, 2.05) is 17.0 Å². The fourth-order valence-corrected chi connectivity index (χ4v) is 3.43. The molecular weight excluding hydrogens is 330 g/mol. The molecule has 0 aromatic heterocycles. The van der Waals surface area contributed by atoms with E-state index in [1.54, 1.807) is 12.4 Å². The highest BCUT2D eigenvalue weighted by Gasteiger charge is 2.14. The third kappa shape index (κ3) is 6.33. The summed E-state index contributed by atoms with van der Waals surface area (Å²) in [4.78, 5) is 27.2. The van der Waals surface area contributed by atoms with E-state index in [0.717, 1.165) is 44.5 Å². The molecule has 0 bridgehead atoms. The lowest BCUT2D eigenvalue weighted by molar-refractivity contribution is -0.129. The number of carbonyl (C=O) groups is 2. The summed E-state index contributed by atoms with van der Waals surface area (Å²) in [6, 6.07) is 8.31. The summed E-state index contributed by atoms with van der Waals surface area (Å²) in [7, 11) is 0. The third-order valence-electron chi connectivity index (χ3n) is 4.92. The van der Waals surface area contributed by atoms with E-state index in [9.17, 15) is 9.59 Å². The standard InChI is InChI=1S/C20H31N3O3/c1-17(24)23(16-8-3-2-5-9-20(25)21-26)19-12-10-18(11-13-19)22-14-6-4-7-15-22/h10-13,26H,2-9,14-16H2,1H3,(H,21,25). The molecule has 0 unspecified atom stereocenters. The minimum absolute atomic E-state index is 0.0513. The fourth-order valence-electron chi connectivity index (χ4n) is 3.43. The van der Waals surface area contributed by atoms with Crippen LogP contribution in [0.25, 0.3) is 0 Å². The molecule has 1 aromatic rings. The Kier molecular flexibility index (Phi) is 8.41. The molecule has 2 amide bonds. The van der Waals surface area contributed by atoms with Gasteiger partial charge in [0.05, 0.1) is 0 Å². The van der Waals surface area contributed by atoms with Crippen molar-refractivity contribution in [3.63, 3.8) is 0 Å². The second-order valence-electron chi connectivity index (χ2n) is 6.93. The van der Waals surface area contributed by atoms with Gasteiger partial charge >= 0.3 is 0 Å². The van der Waals surface area contributed by atoms with Gasteiger partial charge in [0.25, 0.3) is 0 Å². The second-order valence-corrected chi connectivity index (χ2v) is 6.93. The third-order valence-corrected chi connectivity index (χ3v) is 4.92. The largest absolute Gasteiger partial charge is 0.372 e. The molecule has 0 radical (unpaired) electrons. The number of piperidine rings is 1. The van der Waals surface area contributed by atoms with Crippen LogP contribution in [0, 0.1) is 0 Å². The first kappa shape index (κ1) is 20.2. The molecule has 2 N–H and O–H groups in total. The molecule has 0 atom stereocenters. The Balaban J connectivity index is 1.80. The minimum Gasteiger partial charge on any atom is -0.372 e. The summed E-state index contributed by atoms with van der Waals surface area (Å²) in [5, 5.41) is 8.45. The van der Waals surface area contributed by atoms with E-state index in [2.05, 4.69) is 17.0 Å². The maximum Gasteiger partial charge on any atom is 0.243 e. The Labute approximate surface area is 156 Å². The molecule has 0 aliphatic carbocycles. The van der Waals surface area contributed by atoms with Crippen molar-refractivity contribution in [2.75, 3.05) is 29.4 Å². The van der Waals surface area contributed by atoms with Gasteiger partial charge in [0, 0.05) is 44.4 Å². The van der Waals surface area contributed by atoms with Gasteiger partial charge in [-0.2, -0.15) is 0 Å². The zero-order valence-electron chi connectivity index (χ0n) is 15.7. The number of benzene rings is 1. The van der Waals surface area contributed by atoms with Gasteiger partial charge in [0.1, 0.15) is 0 Å². The predicted molar refractivity (Wildman–Crippen MR) is 104 cm³/mol. The molecule has 1 aliphatic heterocycles. The second kappa shape index (κ2) is 10.8. The first-order valence-corrected chi connectivity index (χ1v) is 9.68. The Hall–Kier alpha value is -2.08. The molecule has 1 aliphatic rings. The highest BCUT2D eigenvalue weighted by molar-refractivity contribution is 5.91. The Morgan fingerprint density at radius 2 is 1.69 bits per heavy atom. The van der Waals surface area contributed by atoms with Gasteiger partial charge < -0.3 is 9.80 Å². The summed E-state index contributed by atoms with van der Waals surface area (Å²) in [5.41, 5.74) is 3.82. The van der Waals surface area contributed by atoms with E-state index in [-0.39, 0.29) is 11.8 Å². The summed E-state index contributed by atoms with van der Waals surface area (Å²) in [5.74, 6) is -0.292. The topological polar surface area (TPSA) is 72.9 Å². The molecule has 1 fully saturated rings. The van der Waals surface area contributed by atoms with Crippen LogP contribution in [0.5, 0.6) is 0 Å². The maximum atomic E-state index is 12.0. The summed E-state index contributed by atoms with van der Waals surface area (Å²) in [6.45, 7) is 4.52. The molecule has 1 aromatic carbocycles. The van der Waals surface area contributed by atoms with Crippen LogP contribution in [0.3, 0.4) is 0 Å². The first-order valence-electron chi connectivity index (χ1n) is 9.68. The van der Waals surface area contributed by atoms with Crippen LogP contribution in [-0.4, -0.2) is 36.7 Å². The van der Waals surface area contributed by atoms with E-state index < -0.39 is 0 Å². The van der Waals surface area contributed by atoms with Crippen LogP contribution in [0.15, 0.2) is 24.3 Å². The van der Waals surface area contributed by atoms with Gasteiger partial charge in [-0.1, -0.05) is 12.8 Å². The maximum absolute atomic E-state index is 12.0. The van der Waals surface area contributed by atoms with E-state index in [1.165, 1.54) is 24.9 Å². The van der Waals surface area contributed by atoms with Crippen LogP contribution in [0.4, 0.5) is 11.4 Å². The van der Waals surface area contributed by atoms with E-state index in [0.29, 0.717) is 13.0 Å². The zero-order valence-corrected chi connectivity index (χ0v) is 15.7. The highest BCUT2D eigenvalue weighted by Crippen LogP contribution is 2.24. The minimum atomic E-state index is -0.343. The smallest absolute Gasteiger partial charge is 0.243 e. The number of unbranched alkanes of at least 4 members (excludes halogenated alkanes) is 3. The molecule has 1 heterocycles. The Morgan fingerprint density at radius 1 is 1.04 bits per heavy atom. The van der Waals surface area contributed by atoms with Crippen molar-refractivity contribution < 1.29 is 14.8 Å². The van der Waals surface area contributed by atoms with Crippen molar-refractivity contribution in [2.45, 2.75) is 58.3 Å². The monoisotopic (exact) mass is 361 g/mol. The van der Waals surface area contributed by atoms with Crippen molar-refractivity contribution in [3.8, 4) is 0 Å². The average molecular weight is 361 g/mol. The Bertz CT molecular complexity index is 568. The number of rotatable bonds is 9. The summed E-state index contributed by atoms with van der Waals surface area (Å²) < 4.78 is 0. The number of amides is 2. The molecule has 0 saturated carbocycles. The molecule has 144 valence electrons. The number of anilines is 2. The summed E-state index contributed by atoms with van der Waals surface area (Å²) >= 11 is 0. The molecule has 6 heteroatoms. The van der Waals surface area contributed by atoms with Crippen molar-refractivity contribution in [1.29, 1.82) is 0 Å². The number of hydrogen-bond donors (Lipinski definition) is 2. The van der Waals surface area contributed by atoms with Gasteiger partial charge in [-0.15, -0.1) is 0 Å². The molecule has 1 saturated heterocycles. The van der Waals surface area contributed by atoms with Crippen LogP contribution in [-0.2, 0) is 9.59 Å². The van der Waals surface area contributed by atoms with Crippen LogP contribution >= 0.6 is 0 Å². The van der Waals surface area contributed by atoms with Crippen molar-refractivity contribution in [1.82, 2.24) is 5.48 Å². The van der Waals surface area contributed by atoms with Crippen LogP contribution < -0.4 is 15.3 Å². The number of nitrogens with zero attached hydrogens (tertiary/aromatic N) is 2. The number of hydroxylamine groups is 1. The van der Waals surface area contributed by atoms with Gasteiger partial charge in [-0.05, 0) is 56.4 Å². The van der Waals surface area contributed by atoms with Gasteiger partial charge in [-0.25, -0.2) is 5.48 Å². The lowest BCUT2D eigenvalue weighted by atomic mass is 10.1. The average Bonchev–Trinajstić information content (AvgIpc) is 2.67. The van der Waals surface area contributed by atoms with E-state index in [4.69, 9.17) is 5.21 Å². The molecule has 6 nitrogen and oxygen atoms in total. The molecule has 2 rings (SSSR count). The van der Waals surface area contributed by atoms with Crippen LogP contribution in [0.1, 0.15) is 58.3 Å². The van der Waals surface area contributed by atoms with Crippen molar-refractivity contribution in [3.05, 3.63) is 24.3 Å². The fraction of sp³-hybridized carbons (Fsp3) is 0.600. The number of hydrogen-bond acceptors (Lipinski definition) is 4. The quantitative estimate of drug-likeness (QED) is 0.401. The van der Waals surface area contributed by atoms with Gasteiger partial charge in [-0.3, -0.25) is 14.8 Å². The molecular formula is C20H31N3O3. The van der Waals surface area contributed by atoms with Gasteiger partial charge in [0.15, 0.2) is 0 Å². The van der Waals surface area contributed by atoms with Gasteiger partial charge in [0.2, 0.25) is 11.8 Å². The zero-order chi connectivity index (χ0) is 18.8. The lowest BCUT2D eigenvalue weighted by Crippen LogP contribution is -2.30. The van der Waals surface area contributed by atoms with Crippen molar-refractivity contribution in [2.24, 2.45) is 0 Å². The first-order chi connectivity index (χ1) is 12.6. The molecule has 0 spiro atoms. The lowest BCUT2D eigenvalue weighted by Gasteiger charge is -2.29. The highest BCUT2D eigenvalue weighted by atomic mass is 16.5. The van der Waals surface area contributed by atoms with Crippen LogP contribution in [0.2, 0.25) is 0 Å².